The number of anilines is 1. The van der Waals surface area contributed by atoms with E-state index in [4.69, 9.17) is 0 Å². The molecule has 0 bridgehead atoms. The lowest BCUT2D eigenvalue weighted by molar-refractivity contribution is -0.126. The molecule has 1 aliphatic carbocycles. The van der Waals surface area contributed by atoms with Crippen LogP contribution in [0.15, 0.2) is 35.2 Å². The van der Waals surface area contributed by atoms with E-state index in [1.165, 1.54) is 41.8 Å². The van der Waals surface area contributed by atoms with Gasteiger partial charge in [0.25, 0.3) is 5.91 Å². The van der Waals surface area contributed by atoms with Gasteiger partial charge in [-0.2, -0.15) is 0 Å². The van der Waals surface area contributed by atoms with Gasteiger partial charge in [0.1, 0.15) is 0 Å². The fraction of sp³-hybridized carbons (Fsp3) is 0.409. The number of thioether (sulfide) groups is 1. The number of para-hydroxylation sites is 1. The molecule has 1 amide bonds. The van der Waals surface area contributed by atoms with E-state index in [1.54, 1.807) is 22.2 Å². The minimum Gasteiger partial charge on any atom is -0.368 e. The van der Waals surface area contributed by atoms with Gasteiger partial charge in [0.05, 0.1) is 4.91 Å². The number of thiophene rings is 1. The van der Waals surface area contributed by atoms with E-state index in [0.29, 0.717) is 0 Å². The summed E-state index contributed by atoms with van der Waals surface area (Å²) in [7, 11) is 0. The van der Waals surface area contributed by atoms with Gasteiger partial charge in [-0.05, 0) is 55.0 Å². The summed E-state index contributed by atoms with van der Waals surface area (Å²) in [6, 6.07) is 10.5. The van der Waals surface area contributed by atoms with Crippen molar-refractivity contribution in [1.82, 2.24) is 4.90 Å². The molecule has 0 radical (unpaired) electrons. The zero-order valence-electron chi connectivity index (χ0n) is 15.4. The Morgan fingerprint density at radius 1 is 0.926 bits per heavy atom. The molecule has 1 aromatic heterocycles. The van der Waals surface area contributed by atoms with E-state index in [2.05, 4.69) is 35.2 Å². The maximum atomic E-state index is 13.1. The van der Waals surface area contributed by atoms with Gasteiger partial charge in [-0.15, -0.1) is 23.1 Å². The van der Waals surface area contributed by atoms with Crippen LogP contribution < -0.4 is 4.90 Å². The van der Waals surface area contributed by atoms with E-state index < -0.39 is 0 Å². The second-order valence-corrected chi connectivity index (χ2v) is 9.62. The number of amides is 1. The molecule has 5 heteroatoms. The predicted molar refractivity (Wildman–Crippen MR) is 115 cm³/mol. The molecule has 1 saturated heterocycles. The van der Waals surface area contributed by atoms with E-state index >= 15 is 0 Å². The SMILES string of the molecule is O=C(C1=Cc2sc3c(c2CS1)CCCC3)N1CCN(c2ccccc2)CC1. The fourth-order valence-corrected chi connectivity index (χ4v) is 6.93. The first-order chi connectivity index (χ1) is 13.3. The summed E-state index contributed by atoms with van der Waals surface area (Å²) in [6.45, 7) is 3.43. The minimum absolute atomic E-state index is 0.227. The molecule has 5 rings (SSSR count). The van der Waals surface area contributed by atoms with Crippen molar-refractivity contribution in [2.24, 2.45) is 0 Å². The smallest absolute Gasteiger partial charge is 0.260 e. The molecule has 27 heavy (non-hydrogen) atoms. The molecule has 0 saturated carbocycles. The van der Waals surface area contributed by atoms with Crippen LogP contribution in [0.1, 0.15) is 33.7 Å². The Balaban J connectivity index is 1.29. The lowest BCUT2D eigenvalue weighted by Gasteiger charge is -2.36. The largest absolute Gasteiger partial charge is 0.368 e. The molecule has 3 aliphatic rings. The van der Waals surface area contributed by atoms with Crippen LogP contribution in [0, 0.1) is 0 Å². The fourth-order valence-electron chi connectivity index (χ4n) is 4.32. The molecule has 1 aromatic carbocycles. The number of hydrogen-bond donors (Lipinski definition) is 0. The Morgan fingerprint density at radius 3 is 2.52 bits per heavy atom. The first kappa shape index (κ1) is 17.4. The number of nitrogens with zero attached hydrogens (tertiary/aromatic N) is 2. The lowest BCUT2D eigenvalue weighted by Crippen LogP contribution is -2.49. The summed E-state index contributed by atoms with van der Waals surface area (Å²) in [5, 5.41) is 0. The molecule has 3 heterocycles. The standard InChI is InChI=1S/C22H24N2OS2/c25-22(24-12-10-23(11-13-24)16-6-2-1-3-7-16)21-14-20-18(15-26-21)17-8-4-5-9-19(17)27-20/h1-3,6-7,14H,4-5,8-13,15H2. The highest BCUT2D eigenvalue weighted by molar-refractivity contribution is 8.03. The van der Waals surface area contributed by atoms with Crippen LogP contribution >= 0.6 is 23.1 Å². The first-order valence-electron chi connectivity index (χ1n) is 9.87. The van der Waals surface area contributed by atoms with Crippen LogP contribution in [0.2, 0.25) is 0 Å². The van der Waals surface area contributed by atoms with Crippen molar-refractivity contribution in [3.63, 3.8) is 0 Å². The minimum atomic E-state index is 0.227. The molecule has 0 spiro atoms. The number of hydrogen-bond acceptors (Lipinski definition) is 4. The number of fused-ring (bicyclic) bond motifs is 3. The zero-order chi connectivity index (χ0) is 18.2. The van der Waals surface area contributed by atoms with Crippen molar-refractivity contribution in [1.29, 1.82) is 0 Å². The average molecular weight is 397 g/mol. The highest BCUT2D eigenvalue weighted by Gasteiger charge is 2.28. The van der Waals surface area contributed by atoms with Crippen molar-refractivity contribution in [2.75, 3.05) is 31.1 Å². The van der Waals surface area contributed by atoms with Gasteiger partial charge in [-0.1, -0.05) is 18.2 Å². The zero-order valence-corrected chi connectivity index (χ0v) is 17.1. The third-order valence-corrected chi connectivity index (χ3v) is 8.16. The van der Waals surface area contributed by atoms with Crippen LogP contribution in [0.3, 0.4) is 0 Å². The summed E-state index contributed by atoms with van der Waals surface area (Å²) in [5.74, 6) is 1.20. The van der Waals surface area contributed by atoms with Gasteiger partial charge in [0.15, 0.2) is 0 Å². The topological polar surface area (TPSA) is 23.6 Å². The maximum Gasteiger partial charge on any atom is 0.260 e. The lowest BCUT2D eigenvalue weighted by atomic mass is 9.95. The average Bonchev–Trinajstić information content (AvgIpc) is 3.12. The normalized spacial score (nSPS) is 19.3. The van der Waals surface area contributed by atoms with Crippen molar-refractivity contribution in [3.8, 4) is 0 Å². The summed E-state index contributed by atoms with van der Waals surface area (Å²) in [6.07, 6.45) is 7.29. The van der Waals surface area contributed by atoms with Crippen LogP contribution in [0.5, 0.6) is 0 Å². The van der Waals surface area contributed by atoms with Gasteiger partial charge < -0.3 is 9.80 Å². The molecule has 0 atom stereocenters. The summed E-state index contributed by atoms with van der Waals surface area (Å²) >= 11 is 3.68. The maximum absolute atomic E-state index is 13.1. The van der Waals surface area contributed by atoms with Crippen molar-refractivity contribution in [2.45, 2.75) is 31.4 Å². The quantitative estimate of drug-likeness (QED) is 0.743. The summed E-state index contributed by atoms with van der Waals surface area (Å²) in [5.41, 5.74) is 4.38. The number of carbonyl (C=O) groups is 1. The van der Waals surface area contributed by atoms with Crippen LogP contribution in [-0.2, 0) is 23.4 Å². The second kappa shape index (κ2) is 7.36. The first-order valence-corrected chi connectivity index (χ1v) is 11.7. The van der Waals surface area contributed by atoms with Crippen LogP contribution in [0.4, 0.5) is 5.69 Å². The van der Waals surface area contributed by atoms with E-state index in [1.807, 2.05) is 22.3 Å². The molecule has 1 fully saturated rings. The molecular formula is C22H24N2OS2. The molecule has 0 unspecified atom stereocenters. The predicted octanol–water partition coefficient (Wildman–Crippen LogP) is 4.56. The number of piperazine rings is 1. The molecule has 2 aliphatic heterocycles. The van der Waals surface area contributed by atoms with Crippen LogP contribution in [0.25, 0.3) is 6.08 Å². The number of benzene rings is 1. The van der Waals surface area contributed by atoms with Gasteiger partial charge in [0, 0.05) is 47.4 Å². The van der Waals surface area contributed by atoms with E-state index in [0.717, 1.165) is 36.8 Å². The van der Waals surface area contributed by atoms with Gasteiger partial charge in [0.2, 0.25) is 0 Å². The van der Waals surface area contributed by atoms with Crippen molar-refractivity contribution in [3.05, 3.63) is 56.1 Å². The Labute approximate surface area is 169 Å². The Kier molecular flexibility index (Phi) is 4.74. The Hall–Kier alpha value is -1.72. The monoisotopic (exact) mass is 396 g/mol. The van der Waals surface area contributed by atoms with E-state index in [-0.39, 0.29) is 5.91 Å². The molecular weight excluding hydrogens is 372 g/mol. The highest BCUT2D eigenvalue weighted by atomic mass is 32.2. The van der Waals surface area contributed by atoms with Gasteiger partial charge in [-0.25, -0.2) is 0 Å². The summed E-state index contributed by atoms with van der Waals surface area (Å²) in [4.78, 5) is 21.4. The third-order valence-electron chi connectivity index (χ3n) is 5.85. The van der Waals surface area contributed by atoms with Gasteiger partial charge in [-0.3, -0.25) is 4.79 Å². The third kappa shape index (κ3) is 3.32. The summed E-state index contributed by atoms with van der Waals surface area (Å²) < 4.78 is 0. The molecule has 3 nitrogen and oxygen atoms in total. The van der Waals surface area contributed by atoms with Crippen molar-refractivity contribution < 1.29 is 4.79 Å². The molecule has 2 aromatic rings. The molecule has 140 valence electrons. The number of carbonyl (C=O) groups excluding carboxylic acids is 1. The highest BCUT2D eigenvalue weighted by Crippen LogP contribution is 2.43. The number of aryl methyl sites for hydroxylation is 1. The molecule has 0 N–H and O–H groups in total. The Morgan fingerprint density at radius 2 is 1.70 bits per heavy atom. The van der Waals surface area contributed by atoms with E-state index in [9.17, 15) is 4.79 Å². The number of rotatable bonds is 2. The van der Waals surface area contributed by atoms with Crippen molar-refractivity contribution >= 4 is 40.8 Å². The second-order valence-electron chi connectivity index (χ2n) is 7.47. The van der Waals surface area contributed by atoms with Crippen LogP contribution in [-0.4, -0.2) is 37.0 Å². The Bertz CT molecular complexity index is 879. The van der Waals surface area contributed by atoms with Gasteiger partial charge >= 0.3 is 0 Å².